The third-order valence-corrected chi connectivity index (χ3v) is 7.15. The maximum absolute atomic E-state index is 14.0. The van der Waals surface area contributed by atoms with Crippen LogP contribution in [-0.4, -0.2) is 21.7 Å². The number of hydrogen-bond acceptors (Lipinski definition) is 6. The Morgan fingerprint density at radius 3 is 2.53 bits per heavy atom. The van der Waals surface area contributed by atoms with Crippen molar-refractivity contribution in [1.82, 2.24) is 14.3 Å². The van der Waals surface area contributed by atoms with Gasteiger partial charge in [0, 0.05) is 37.6 Å². The average Bonchev–Trinajstić information content (AvgIpc) is 3.30. The van der Waals surface area contributed by atoms with Crippen molar-refractivity contribution in [3.8, 4) is 0 Å². The molecule has 1 aliphatic heterocycles. The van der Waals surface area contributed by atoms with Crippen LogP contribution in [0.15, 0.2) is 53.3 Å². The molecule has 1 aliphatic rings. The summed E-state index contributed by atoms with van der Waals surface area (Å²) in [5, 5.41) is 3.79. The highest BCUT2D eigenvalue weighted by Gasteiger charge is 2.25. The molecule has 10 heteroatoms. The second kappa shape index (κ2) is 10.1. The molecule has 0 fully saturated rings. The fourth-order valence-electron chi connectivity index (χ4n) is 4.95. The highest BCUT2D eigenvalue weighted by atomic mass is 32.2. The number of aromatic nitrogens is 2. The van der Waals surface area contributed by atoms with Crippen LogP contribution in [0.3, 0.4) is 0 Å². The van der Waals surface area contributed by atoms with Crippen molar-refractivity contribution in [2.45, 2.75) is 33.0 Å². The van der Waals surface area contributed by atoms with Crippen LogP contribution >= 0.6 is 11.9 Å². The lowest BCUT2D eigenvalue weighted by Crippen LogP contribution is -2.28. The maximum atomic E-state index is 14.0. The Bertz CT molecular complexity index is 1640. The van der Waals surface area contributed by atoms with Crippen molar-refractivity contribution >= 4 is 40.4 Å². The Morgan fingerprint density at radius 2 is 1.76 bits per heavy atom. The molecule has 7 nitrogen and oxygen atoms in total. The molecule has 0 aliphatic carbocycles. The van der Waals surface area contributed by atoms with Crippen molar-refractivity contribution in [3.05, 3.63) is 98.3 Å². The molecular formula is C28H27F2N5O2S. The summed E-state index contributed by atoms with van der Waals surface area (Å²) in [5.74, 6) is -0.745. The van der Waals surface area contributed by atoms with Crippen LogP contribution in [0.1, 0.15) is 45.6 Å². The van der Waals surface area contributed by atoms with Gasteiger partial charge in [0.15, 0.2) is 0 Å². The molecule has 0 bridgehead atoms. The number of anilines is 2. The summed E-state index contributed by atoms with van der Waals surface area (Å²) in [6.45, 7) is 4.77. The van der Waals surface area contributed by atoms with E-state index < -0.39 is 11.7 Å². The van der Waals surface area contributed by atoms with Crippen molar-refractivity contribution in [1.29, 1.82) is 0 Å². The van der Waals surface area contributed by atoms with Crippen molar-refractivity contribution in [3.63, 3.8) is 0 Å². The zero-order valence-electron chi connectivity index (χ0n) is 21.4. The van der Waals surface area contributed by atoms with Crippen LogP contribution in [0, 0.1) is 18.6 Å². The van der Waals surface area contributed by atoms with Gasteiger partial charge in [0.2, 0.25) is 5.95 Å². The number of halogens is 2. The predicted octanol–water partition coefficient (Wildman–Crippen LogP) is 5.22. The van der Waals surface area contributed by atoms with Gasteiger partial charge in [0.1, 0.15) is 11.6 Å². The van der Waals surface area contributed by atoms with E-state index in [1.54, 1.807) is 19.4 Å². The summed E-state index contributed by atoms with van der Waals surface area (Å²) in [6.07, 6.45) is 1.71. The first kappa shape index (κ1) is 25.7. The standard InChI is InChI=1S/C28H27F2N5O2S/c1-15-9-21(16(2)31-24-8-7-20(30)12-22(24)26(36)33-38-4)25-23(10-15)27(37)34(3)28(32-25)35-13-17-5-6-19(29)11-18(17)14-35/h5-12,16,31H,13-14H2,1-4H3,(H,33,36). The summed E-state index contributed by atoms with van der Waals surface area (Å²) in [5.41, 5.74) is 4.49. The molecule has 1 unspecified atom stereocenters. The minimum Gasteiger partial charge on any atom is -0.378 e. The van der Waals surface area contributed by atoms with Crippen LogP contribution in [-0.2, 0) is 20.1 Å². The van der Waals surface area contributed by atoms with Crippen LogP contribution in [0.5, 0.6) is 0 Å². The quantitative estimate of drug-likeness (QED) is 0.330. The number of carbonyl (C=O) groups is 1. The topological polar surface area (TPSA) is 79.3 Å². The number of rotatable bonds is 6. The van der Waals surface area contributed by atoms with Gasteiger partial charge in [-0.1, -0.05) is 24.1 Å². The Labute approximate surface area is 223 Å². The lowest BCUT2D eigenvalue weighted by atomic mass is 10.0. The molecule has 38 heavy (non-hydrogen) atoms. The number of nitrogens with zero attached hydrogens (tertiary/aromatic N) is 3. The number of aryl methyl sites for hydroxylation is 1. The van der Waals surface area contributed by atoms with E-state index in [2.05, 4.69) is 10.0 Å². The number of carbonyl (C=O) groups excluding carboxylic acids is 1. The minimum absolute atomic E-state index is 0.176. The monoisotopic (exact) mass is 535 g/mol. The van der Waals surface area contributed by atoms with E-state index in [4.69, 9.17) is 4.98 Å². The van der Waals surface area contributed by atoms with Gasteiger partial charge < -0.3 is 10.2 Å². The number of amides is 1. The lowest BCUT2D eigenvalue weighted by Gasteiger charge is -2.23. The van der Waals surface area contributed by atoms with Gasteiger partial charge in [-0.15, -0.1) is 0 Å². The molecule has 2 N–H and O–H groups in total. The summed E-state index contributed by atoms with van der Waals surface area (Å²) in [4.78, 5) is 33.0. The maximum Gasteiger partial charge on any atom is 0.263 e. The van der Waals surface area contributed by atoms with E-state index in [0.29, 0.717) is 35.6 Å². The Kier molecular flexibility index (Phi) is 6.83. The SMILES string of the molecule is CSNC(=O)c1cc(F)ccc1NC(C)c1cc(C)cc2c(=O)n(C)c(N3Cc4ccc(F)cc4C3)nc12. The van der Waals surface area contributed by atoms with Crippen molar-refractivity contribution in [2.24, 2.45) is 7.05 Å². The third kappa shape index (κ3) is 4.71. The van der Waals surface area contributed by atoms with Crippen molar-refractivity contribution < 1.29 is 13.6 Å². The van der Waals surface area contributed by atoms with E-state index in [1.165, 1.54) is 34.9 Å². The largest absolute Gasteiger partial charge is 0.378 e. The number of benzene rings is 3. The smallest absolute Gasteiger partial charge is 0.263 e. The summed E-state index contributed by atoms with van der Waals surface area (Å²) in [6, 6.07) is 12.1. The van der Waals surface area contributed by atoms with Gasteiger partial charge in [-0.2, -0.15) is 0 Å². The molecule has 196 valence electrons. The molecule has 2 heterocycles. The molecule has 1 amide bonds. The van der Waals surface area contributed by atoms with E-state index >= 15 is 0 Å². The molecule has 0 radical (unpaired) electrons. The van der Waals surface area contributed by atoms with Crippen LogP contribution in [0.4, 0.5) is 20.4 Å². The van der Waals surface area contributed by atoms with Crippen LogP contribution in [0.25, 0.3) is 10.9 Å². The van der Waals surface area contributed by atoms with Gasteiger partial charge in [0.05, 0.1) is 22.5 Å². The first-order valence-corrected chi connectivity index (χ1v) is 13.3. The Hall–Kier alpha value is -3.92. The van der Waals surface area contributed by atoms with E-state index in [9.17, 15) is 18.4 Å². The van der Waals surface area contributed by atoms with E-state index in [1.807, 2.05) is 30.9 Å². The van der Waals surface area contributed by atoms with Crippen LogP contribution < -0.4 is 20.5 Å². The fraction of sp³-hybridized carbons (Fsp3) is 0.250. The van der Waals surface area contributed by atoms with E-state index in [-0.39, 0.29) is 23.0 Å². The highest BCUT2D eigenvalue weighted by Crippen LogP contribution is 2.31. The van der Waals surface area contributed by atoms with Gasteiger partial charge in [0.25, 0.3) is 11.5 Å². The van der Waals surface area contributed by atoms with Gasteiger partial charge in [-0.25, -0.2) is 13.8 Å². The van der Waals surface area contributed by atoms with Crippen LogP contribution in [0.2, 0.25) is 0 Å². The average molecular weight is 536 g/mol. The zero-order valence-corrected chi connectivity index (χ0v) is 22.2. The summed E-state index contributed by atoms with van der Waals surface area (Å²) in [7, 11) is 1.69. The van der Waals surface area contributed by atoms with Gasteiger partial charge >= 0.3 is 0 Å². The molecule has 0 spiro atoms. The Morgan fingerprint density at radius 1 is 1.05 bits per heavy atom. The third-order valence-electron chi connectivity index (χ3n) is 6.76. The second-order valence-electron chi connectivity index (χ2n) is 9.49. The molecule has 0 saturated carbocycles. The second-order valence-corrected chi connectivity index (χ2v) is 10.1. The zero-order chi connectivity index (χ0) is 27.1. The molecule has 3 aromatic carbocycles. The van der Waals surface area contributed by atoms with Gasteiger partial charge in [-0.3, -0.25) is 18.9 Å². The molecule has 1 atom stereocenters. The fourth-order valence-corrected chi connectivity index (χ4v) is 5.24. The molecular weight excluding hydrogens is 508 g/mol. The molecule has 0 saturated heterocycles. The molecule has 1 aromatic heterocycles. The molecule has 5 rings (SSSR count). The number of hydrogen-bond donors (Lipinski definition) is 2. The summed E-state index contributed by atoms with van der Waals surface area (Å²) < 4.78 is 31.9. The van der Waals surface area contributed by atoms with Crippen molar-refractivity contribution in [2.75, 3.05) is 16.5 Å². The normalized spacial score (nSPS) is 13.5. The predicted molar refractivity (Wildman–Crippen MR) is 147 cm³/mol. The number of fused-ring (bicyclic) bond motifs is 2. The highest BCUT2D eigenvalue weighted by molar-refractivity contribution is 7.97. The molecule has 4 aromatic rings. The first-order valence-electron chi connectivity index (χ1n) is 12.1. The lowest BCUT2D eigenvalue weighted by molar-refractivity contribution is 0.0985. The first-order chi connectivity index (χ1) is 18.2. The number of nitrogens with one attached hydrogen (secondary N) is 2. The van der Waals surface area contributed by atoms with E-state index in [0.717, 1.165) is 34.2 Å². The Balaban J connectivity index is 1.57. The van der Waals surface area contributed by atoms with Gasteiger partial charge in [-0.05, 0) is 66.9 Å². The summed E-state index contributed by atoms with van der Waals surface area (Å²) >= 11 is 1.13. The minimum atomic E-state index is -0.517.